The van der Waals surface area contributed by atoms with Crippen molar-refractivity contribution in [1.82, 2.24) is 10.2 Å². The second-order valence-corrected chi connectivity index (χ2v) is 5.39. The standard InChI is InChI=1S/C17H24N2O4/c1-2-16(20)14-3-5-15(6-4-14)23-13-17(21)18-7-8-19-9-11-22-12-10-19/h3-6H,2,7-13H2,1H3,(H,18,21). The van der Waals surface area contributed by atoms with E-state index in [1.54, 1.807) is 24.3 Å². The van der Waals surface area contributed by atoms with Gasteiger partial charge in [0.25, 0.3) is 5.91 Å². The highest BCUT2D eigenvalue weighted by molar-refractivity contribution is 5.95. The van der Waals surface area contributed by atoms with Gasteiger partial charge in [0, 0.05) is 38.2 Å². The van der Waals surface area contributed by atoms with Crippen molar-refractivity contribution in [1.29, 1.82) is 0 Å². The summed E-state index contributed by atoms with van der Waals surface area (Å²) >= 11 is 0. The Morgan fingerprint density at radius 2 is 1.91 bits per heavy atom. The van der Waals surface area contributed by atoms with Crippen molar-refractivity contribution in [2.45, 2.75) is 13.3 Å². The Morgan fingerprint density at radius 1 is 1.22 bits per heavy atom. The molecule has 2 rings (SSSR count). The average molecular weight is 320 g/mol. The highest BCUT2D eigenvalue weighted by atomic mass is 16.5. The third kappa shape index (κ3) is 6.00. The van der Waals surface area contributed by atoms with Crippen LogP contribution in [0.25, 0.3) is 0 Å². The van der Waals surface area contributed by atoms with Crippen molar-refractivity contribution in [3.63, 3.8) is 0 Å². The number of rotatable bonds is 8. The molecule has 6 nitrogen and oxygen atoms in total. The number of Topliss-reactive ketones (excluding diaryl/α,β-unsaturated/α-hetero) is 1. The van der Waals surface area contributed by atoms with Crippen LogP contribution in [0.2, 0.25) is 0 Å². The molecule has 0 saturated carbocycles. The molecule has 0 unspecified atom stereocenters. The lowest BCUT2D eigenvalue weighted by molar-refractivity contribution is -0.123. The summed E-state index contributed by atoms with van der Waals surface area (Å²) in [6.45, 7) is 6.57. The number of benzene rings is 1. The first-order chi connectivity index (χ1) is 11.2. The topological polar surface area (TPSA) is 67.9 Å². The largest absolute Gasteiger partial charge is 0.484 e. The number of ether oxygens (including phenoxy) is 2. The molecular formula is C17H24N2O4. The Bertz CT molecular complexity index is 510. The first-order valence-electron chi connectivity index (χ1n) is 8.02. The molecule has 0 bridgehead atoms. The summed E-state index contributed by atoms with van der Waals surface area (Å²) in [5.74, 6) is 0.533. The molecule has 0 aromatic heterocycles. The molecule has 0 aliphatic carbocycles. The van der Waals surface area contributed by atoms with E-state index in [-0.39, 0.29) is 18.3 Å². The predicted molar refractivity (Wildman–Crippen MR) is 86.8 cm³/mol. The molecule has 0 atom stereocenters. The Balaban J connectivity index is 1.64. The van der Waals surface area contributed by atoms with Gasteiger partial charge in [0.2, 0.25) is 0 Å². The third-order valence-corrected chi connectivity index (χ3v) is 3.72. The van der Waals surface area contributed by atoms with Crippen LogP contribution in [0, 0.1) is 0 Å². The molecule has 0 radical (unpaired) electrons. The number of nitrogens with one attached hydrogen (secondary N) is 1. The van der Waals surface area contributed by atoms with Crippen LogP contribution in [0.3, 0.4) is 0 Å². The molecule has 23 heavy (non-hydrogen) atoms. The highest BCUT2D eigenvalue weighted by Gasteiger charge is 2.10. The number of morpholine rings is 1. The van der Waals surface area contributed by atoms with Gasteiger partial charge in [0.15, 0.2) is 12.4 Å². The van der Waals surface area contributed by atoms with Gasteiger partial charge in [-0.1, -0.05) is 6.92 Å². The molecule has 1 N–H and O–H groups in total. The fourth-order valence-electron chi connectivity index (χ4n) is 2.32. The zero-order valence-corrected chi connectivity index (χ0v) is 13.5. The first kappa shape index (κ1) is 17.4. The van der Waals surface area contributed by atoms with Crippen LogP contribution in [0.4, 0.5) is 0 Å². The summed E-state index contributed by atoms with van der Waals surface area (Å²) in [6, 6.07) is 6.86. The molecule has 0 spiro atoms. The molecule has 1 aromatic carbocycles. The van der Waals surface area contributed by atoms with E-state index in [0.717, 1.165) is 32.8 Å². The summed E-state index contributed by atoms with van der Waals surface area (Å²) in [4.78, 5) is 25.5. The predicted octanol–water partition coefficient (Wildman–Crippen LogP) is 1.11. The normalized spacial score (nSPS) is 15.2. The van der Waals surface area contributed by atoms with Gasteiger partial charge >= 0.3 is 0 Å². The lowest BCUT2D eigenvalue weighted by Crippen LogP contribution is -2.42. The Morgan fingerprint density at radius 3 is 2.57 bits per heavy atom. The van der Waals surface area contributed by atoms with Crippen molar-refractivity contribution in [3.05, 3.63) is 29.8 Å². The van der Waals surface area contributed by atoms with Crippen LogP contribution in [-0.4, -0.2) is 62.6 Å². The molecule has 1 heterocycles. The maximum atomic E-state index is 11.7. The first-order valence-corrected chi connectivity index (χ1v) is 8.02. The van der Waals surface area contributed by atoms with Gasteiger partial charge in [-0.15, -0.1) is 0 Å². The van der Waals surface area contributed by atoms with Crippen molar-refractivity contribution >= 4 is 11.7 Å². The number of hydrogen-bond acceptors (Lipinski definition) is 5. The van der Waals surface area contributed by atoms with Crippen LogP contribution < -0.4 is 10.1 Å². The summed E-state index contributed by atoms with van der Waals surface area (Å²) in [5, 5.41) is 2.84. The zero-order valence-electron chi connectivity index (χ0n) is 13.5. The van der Waals surface area contributed by atoms with Crippen molar-refractivity contribution in [2.24, 2.45) is 0 Å². The molecular weight excluding hydrogens is 296 g/mol. The number of amides is 1. The molecule has 1 fully saturated rings. The number of carbonyl (C=O) groups excluding carboxylic acids is 2. The number of carbonyl (C=O) groups is 2. The number of hydrogen-bond donors (Lipinski definition) is 1. The second kappa shape index (κ2) is 9.27. The Labute approximate surface area is 136 Å². The summed E-state index contributed by atoms with van der Waals surface area (Å²) in [6.07, 6.45) is 0.478. The van der Waals surface area contributed by atoms with Gasteiger partial charge in [0.05, 0.1) is 13.2 Å². The number of ketones is 1. The highest BCUT2D eigenvalue weighted by Crippen LogP contribution is 2.13. The van der Waals surface area contributed by atoms with Crippen molar-refractivity contribution in [3.8, 4) is 5.75 Å². The minimum Gasteiger partial charge on any atom is -0.484 e. The van der Waals surface area contributed by atoms with E-state index in [1.165, 1.54) is 0 Å². The summed E-state index contributed by atoms with van der Waals surface area (Å²) in [7, 11) is 0. The maximum Gasteiger partial charge on any atom is 0.257 e. The van der Waals surface area contributed by atoms with E-state index in [0.29, 0.717) is 24.3 Å². The van der Waals surface area contributed by atoms with Crippen LogP contribution in [0.5, 0.6) is 5.75 Å². The molecule has 1 amide bonds. The number of nitrogens with zero attached hydrogens (tertiary/aromatic N) is 1. The fourth-order valence-corrected chi connectivity index (χ4v) is 2.32. The van der Waals surface area contributed by atoms with E-state index >= 15 is 0 Å². The van der Waals surface area contributed by atoms with E-state index in [1.807, 2.05) is 6.92 Å². The van der Waals surface area contributed by atoms with Crippen molar-refractivity contribution < 1.29 is 19.1 Å². The van der Waals surface area contributed by atoms with Gasteiger partial charge in [-0.3, -0.25) is 14.5 Å². The summed E-state index contributed by atoms with van der Waals surface area (Å²) < 4.78 is 10.7. The molecule has 126 valence electrons. The maximum absolute atomic E-state index is 11.7. The third-order valence-electron chi connectivity index (χ3n) is 3.72. The second-order valence-electron chi connectivity index (χ2n) is 5.39. The lowest BCUT2D eigenvalue weighted by atomic mass is 10.1. The van der Waals surface area contributed by atoms with E-state index < -0.39 is 0 Å². The molecule has 1 aliphatic rings. The van der Waals surface area contributed by atoms with Crippen LogP contribution in [0.15, 0.2) is 24.3 Å². The quantitative estimate of drug-likeness (QED) is 0.727. The van der Waals surface area contributed by atoms with Crippen LogP contribution >= 0.6 is 0 Å². The van der Waals surface area contributed by atoms with E-state index in [9.17, 15) is 9.59 Å². The van der Waals surface area contributed by atoms with Gasteiger partial charge in [0.1, 0.15) is 5.75 Å². The smallest absolute Gasteiger partial charge is 0.257 e. The van der Waals surface area contributed by atoms with E-state index in [2.05, 4.69) is 10.2 Å². The van der Waals surface area contributed by atoms with Gasteiger partial charge < -0.3 is 14.8 Å². The van der Waals surface area contributed by atoms with Crippen LogP contribution in [0.1, 0.15) is 23.7 Å². The van der Waals surface area contributed by atoms with Gasteiger partial charge in [-0.25, -0.2) is 0 Å². The van der Waals surface area contributed by atoms with Gasteiger partial charge in [-0.05, 0) is 24.3 Å². The molecule has 1 aromatic rings. The minimum atomic E-state index is -0.146. The van der Waals surface area contributed by atoms with Crippen molar-refractivity contribution in [2.75, 3.05) is 46.0 Å². The van der Waals surface area contributed by atoms with Crippen LogP contribution in [-0.2, 0) is 9.53 Å². The minimum absolute atomic E-state index is 0.0236. The van der Waals surface area contributed by atoms with Gasteiger partial charge in [-0.2, -0.15) is 0 Å². The SMILES string of the molecule is CCC(=O)c1ccc(OCC(=O)NCCN2CCOCC2)cc1. The summed E-state index contributed by atoms with van der Waals surface area (Å²) in [5.41, 5.74) is 0.662. The Hall–Kier alpha value is -1.92. The Kier molecular flexibility index (Phi) is 7.03. The average Bonchev–Trinajstić information content (AvgIpc) is 2.60. The molecule has 1 saturated heterocycles. The fraction of sp³-hybridized carbons (Fsp3) is 0.529. The van der Waals surface area contributed by atoms with E-state index in [4.69, 9.17) is 9.47 Å². The monoisotopic (exact) mass is 320 g/mol. The zero-order chi connectivity index (χ0) is 16.5. The molecule has 1 aliphatic heterocycles. The molecule has 6 heteroatoms. The lowest BCUT2D eigenvalue weighted by Gasteiger charge is -2.26.